The standard InChI is InChI=1S/C24H27N5O3/c1-3-14(2)21(22-25-17-10-6-7-11-18(17)26-22)29-20(30)13-12-19-24(32)27-16-9-5-4-8-15(16)23(31)28-19/h4-11,14,19,21H,3,12-13H2,1-2H3,(H,25,26)(H,27,32)(H,28,31)(H,29,30)/t14-,19-,21-/m0/s1. The van der Waals surface area contributed by atoms with E-state index in [9.17, 15) is 14.4 Å². The van der Waals surface area contributed by atoms with E-state index in [-0.39, 0.29) is 42.5 Å². The third-order valence-electron chi connectivity index (χ3n) is 5.94. The number of fused-ring (bicyclic) bond motifs is 2. The van der Waals surface area contributed by atoms with Crippen LogP contribution in [0.5, 0.6) is 0 Å². The zero-order valence-corrected chi connectivity index (χ0v) is 18.1. The largest absolute Gasteiger partial charge is 0.346 e. The van der Waals surface area contributed by atoms with Crippen LogP contribution in [0, 0.1) is 5.92 Å². The Morgan fingerprint density at radius 2 is 1.88 bits per heavy atom. The van der Waals surface area contributed by atoms with Gasteiger partial charge in [0.25, 0.3) is 5.91 Å². The van der Waals surface area contributed by atoms with Gasteiger partial charge in [0.2, 0.25) is 11.8 Å². The lowest BCUT2D eigenvalue weighted by Gasteiger charge is -2.23. The number of hydrogen-bond donors (Lipinski definition) is 4. The Bertz CT molecular complexity index is 1120. The SMILES string of the molecule is CC[C@H](C)[C@H](NC(=O)CC[C@@H]1NC(=O)c2ccccc2NC1=O)c1nc2ccccc2[nH]1. The van der Waals surface area contributed by atoms with Crippen LogP contribution in [-0.2, 0) is 9.59 Å². The molecule has 1 aromatic heterocycles. The number of carbonyl (C=O) groups excluding carboxylic acids is 3. The first kappa shape index (κ1) is 21.5. The fourth-order valence-corrected chi connectivity index (χ4v) is 3.87. The molecule has 32 heavy (non-hydrogen) atoms. The second-order valence-corrected chi connectivity index (χ2v) is 8.17. The molecular weight excluding hydrogens is 406 g/mol. The van der Waals surface area contributed by atoms with Crippen LogP contribution in [0.25, 0.3) is 11.0 Å². The summed E-state index contributed by atoms with van der Waals surface area (Å²) in [6.45, 7) is 4.13. The number of rotatable bonds is 7. The van der Waals surface area contributed by atoms with Crippen molar-refractivity contribution in [1.82, 2.24) is 20.6 Å². The van der Waals surface area contributed by atoms with Crippen molar-refractivity contribution in [2.75, 3.05) is 5.32 Å². The summed E-state index contributed by atoms with van der Waals surface area (Å²) < 4.78 is 0. The van der Waals surface area contributed by atoms with Gasteiger partial charge in [-0.05, 0) is 36.6 Å². The molecule has 8 heteroatoms. The van der Waals surface area contributed by atoms with Gasteiger partial charge in [-0.3, -0.25) is 14.4 Å². The monoisotopic (exact) mass is 433 g/mol. The van der Waals surface area contributed by atoms with E-state index in [1.54, 1.807) is 24.3 Å². The van der Waals surface area contributed by atoms with Gasteiger partial charge in [0.1, 0.15) is 11.9 Å². The highest BCUT2D eigenvalue weighted by molar-refractivity contribution is 6.09. The average molecular weight is 434 g/mol. The molecule has 4 N–H and O–H groups in total. The number of amides is 3. The van der Waals surface area contributed by atoms with Crippen LogP contribution in [0.1, 0.15) is 55.3 Å². The third kappa shape index (κ3) is 4.49. The molecule has 1 aliphatic rings. The molecule has 166 valence electrons. The van der Waals surface area contributed by atoms with Gasteiger partial charge >= 0.3 is 0 Å². The number of imidazole rings is 1. The highest BCUT2D eigenvalue weighted by Crippen LogP contribution is 2.25. The minimum absolute atomic E-state index is 0.0991. The van der Waals surface area contributed by atoms with E-state index in [2.05, 4.69) is 39.8 Å². The van der Waals surface area contributed by atoms with Gasteiger partial charge < -0.3 is 20.9 Å². The molecular formula is C24H27N5O3. The van der Waals surface area contributed by atoms with Gasteiger partial charge in [-0.25, -0.2) is 4.98 Å². The molecule has 0 fully saturated rings. The third-order valence-corrected chi connectivity index (χ3v) is 5.94. The summed E-state index contributed by atoms with van der Waals surface area (Å²) >= 11 is 0. The molecule has 0 radical (unpaired) electrons. The second kappa shape index (κ2) is 9.21. The van der Waals surface area contributed by atoms with E-state index in [0.717, 1.165) is 17.5 Å². The maximum absolute atomic E-state index is 12.8. The van der Waals surface area contributed by atoms with E-state index in [1.807, 2.05) is 24.3 Å². The van der Waals surface area contributed by atoms with Gasteiger partial charge in [0, 0.05) is 6.42 Å². The summed E-state index contributed by atoms with van der Waals surface area (Å²) in [4.78, 5) is 45.8. The Morgan fingerprint density at radius 3 is 2.66 bits per heavy atom. The van der Waals surface area contributed by atoms with Gasteiger partial charge in [-0.2, -0.15) is 0 Å². The highest BCUT2D eigenvalue weighted by Gasteiger charge is 2.29. The number of H-pyrrole nitrogens is 1. The summed E-state index contributed by atoms with van der Waals surface area (Å²) in [7, 11) is 0. The van der Waals surface area contributed by atoms with Crippen LogP contribution in [-0.4, -0.2) is 33.7 Å². The number of hydrogen-bond acceptors (Lipinski definition) is 4. The van der Waals surface area contributed by atoms with Crippen LogP contribution in [0.3, 0.4) is 0 Å². The summed E-state index contributed by atoms with van der Waals surface area (Å²) in [5.41, 5.74) is 2.66. The number of nitrogens with zero attached hydrogens (tertiary/aromatic N) is 1. The number of benzene rings is 2. The maximum Gasteiger partial charge on any atom is 0.254 e. The number of aromatic amines is 1. The van der Waals surface area contributed by atoms with Crippen LogP contribution in [0.15, 0.2) is 48.5 Å². The molecule has 0 bridgehead atoms. The minimum atomic E-state index is -0.783. The van der Waals surface area contributed by atoms with Crippen LogP contribution >= 0.6 is 0 Å². The summed E-state index contributed by atoms with van der Waals surface area (Å²) in [6, 6.07) is 13.5. The van der Waals surface area contributed by atoms with E-state index < -0.39 is 6.04 Å². The molecule has 8 nitrogen and oxygen atoms in total. The molecule has 1 aliphatic heterocycles. The van der Waals surface area contributed by atoms with Crippen LogP contribution in [0.4, 0.5) is 5.69 Å². The van der Waals surface area contributed by atoms with E-state index in [0.29, 0.717) is 17.1 Å². The number of anilines is 1. The number of aromatic nitrogens is 2. The van der Waals surface area contributed by atoms with Gasteiger partial charge in [-0.15, -0.1) is 0 Å². The van der Waals surface area contributed by atoms with Crippen molar-refractivity contribution in [3.63, 3.8) is 0 Å². The molecule has 3 atom stereocenters. The van der Waals surface area contributed by atoms with Gasteiger partial charge in [-0.1, -0.05) is 44.5 Å². The summed E-state index contributed by atoms with van der Waals surface area (Å²) in [6.07, 6.45) is 1.16. The Morgan fingerprint density at radius 1 is 1.12 bits per heavy atom. The molecule has 4 rings (SSSR count). The number of carbonyl (C=O) groups is 3. The molecule has 3 amide bonds. The van der Waals surface area contributed by atoms with Crippen molar-refractivity contribution in [3.8, 4) is 0 Å². The average Bonchev–Trinajstić information content (AvgIpc) is 3.18. The fraction of sp³-hybridized carbons (Fsp3) is 0.333. The maximum atomic E-state index is 12.8. The molecule has 3 aromatic rings. The first-order chi connectivity index (χ1) is 15.5. The quantitative estimate of drug-likeness (QED) is 0.457. The topological polar surface area (TPSA) is 116 Å². The molecule has 2 heterocycles. The van der Waals surface area contributed by atoms with E-state index >= 15 is 0 Å². The predicted octanol–water partition coefficient (Wildman–Crippen LogP) is 3.30. The fourth-order valence-electron chi connectivity index (χ4n) is 3.87. The van der Waals surface area contributed by atoms with E-state index in [1.165, 1.54) is 0 Å². The Balaban J connectivity index is 1.42. The Labute approximate surface area is 186 Å². The molecule has 0 aliphatic carbocycles. The minimum Gasteiger partial charge on any atom is -0.346 e. The van der Waals surface area contributed by atoms with Crippen molar-refractivity contribution in [2.45, 2.75) is 45.2 Å². The van der Waals surface area contributed by atoms with E-state index in [4.69, 9.17) is 0 Å². The van der Waals surface area contributed by atoms with Gasteiger partial charge in [0.15, 0.2) is 0 Å². The van der Waals surface area contributed by atoms with Crippen LogP contribution < -0.4 is 16.0 Å². The van der Waals surface area contributed by atoms with Crippen molar-refractivity contribution >= 4 is 34.4 Å². The molecule has 0 spiro atoms. The van der Waals surface area contributed by atoms with Crippen molar-refractivity contribution in [1.29, 1.82) is 0 Å². The lowest BCUT2D eigenvalue weighted by Crippen LogP contribution is -2.42. The number of nitrogens with one attached hydrogen (secondary N) is 4. The lowest BCUT2D eigenvalue weighted by molar-refractivity contribution is -0.123. The molecule has 0 saturated heterocycles. The number of para-hydroxylation sites is 3. The Kier molecular flexibility index (Phi) is 6.20. The molecule has 2 aromatic carbocycles. The van der Waals surface area contributed by atoms with Gasteiger partial charge in [0.05, 0.1) is 28.3 Å². The molecule has 0 unspecified atom stereocenters. The zero-order chi connectivity index (χ0) is 22.7. The predicted molar refractivity (Wildman–Crippen MR) is 122 cm³/mol. The lowest BCUT2D eigenvalue weighted by atomic mass is 9.98. The first-order valence-electron chi connectivity index (χ1n) is 10.9. The van der Waals surface area contributed by atoms with Crippen molar-refractivity contribution < 1.29 is 14.4 Å². The normalized spacial score (nSPS) is 17.6. The van der Waals surface area contributed by atoms with Crippen molar-refractivity contribution in [3.05, 3.63) is 59.9 Å². The smallest absolute Gasteiger partial charge is 0.254 e. The second-order valence-electron chi connectivity index (χ2n) is 8.17. The highest BCUT2D eigenvalue weighted by atomic mass is 16.2. The zero-order valence-electron chi connectivity index (χ0n) is 18.1. The van der Waals surface area contributed by atoms with Crippen molar-refractivity contribution in [2.24, 2.45) is 5.92 Å². The van der Waals surface area contributed by atoms with Crippen LogP contribution in [0.2, 0.25) is 0 Å². The summed E-state index contributed by atoms with van der Waals surface area (Å²) in [5, 5.41) is 8.56. The first-order valence-corrected chi connectivity index (χ1v) is 10.9. The molecule has 0 saturated carbocycles. The summed E-state index contributed by atoms with van der Waals surface area (Å²) in [5.74, 6) is 0.0234. The Hall–Kier alpha value is -3.68.